The molecular weight excluding hydrogens is 235 g/mol. The summed E-state index contributed by atoms with van der Waals surface area (Å²) in [6.45, 7) is 7.22. The summed E-state index contributed by atoms with van der Waals surface area (Å²) in [5.74, 6) is -1.43. The SMILES string of the molecule is CCC(C)(C)C(=O)OC(C)c1ccc(F)c(O)c1. The van der Waals surface area contributed by atoms with Gasteiger partial charge in [-0.25, -0.2) is 4.39 Å². The standard InChI is InChI=1S/C14H19FO3/c1-5-14(3,4)13(17)18-9(2)10-6-7-11(15)12(16)8-10/h6-9,16H,5H2,1-4H3. The zero-order valence-electron chi connectivity index (χ0n) is 11.2. The number of halogens is 1. The lowest BCUT2D eigenvalue weighted by atomic mass is 9.90. The van der Waals surface area contributed by atoms with Gasteiger partial charge in [0.05, 0.1) is 5.41 Å². The number of benzene rings is 1. The summed E-state index contributed by atoms with van der Waals surface area (Å²) >= 11 is 0. The van der Waals surface area contributed by atoms with Gasteiger partial charge in [-0.3, -0.25) is 4.79 Å². The Morgan fingerprint density at radius 2 is 2.11 bits per heavy atom. The predicted molar refractivity (Wildman–Crippen MR) is 66.6 cm³/mol. The number of ether oxygens (including phenoxy) is 1. The molecule has 0 bridgehead atoms. The number of carbonyl (C=O) groups is 1. The number of esters is 1. The van der Waals surface area contributed by atoms with Crippen molar-refractivity contribution in [3.8, 4) is 5.75 Å². The lowest BCUT2D eigenvalue weighted by Crippen LogP contribution is -2.26. The maximum atomic E-state index is 12.9. The number of hydrogen-bond acceptors (Lipinski definition) is 3. The first-order chi connectivity index (χ1) is 8.27. The molecule has 1 aromatic rings. The first-order valence-corrected chi connectivity index (χ1v) is 5.97. The van der Waals surface area contributed by atoms with Crippen molar-refractivity contribution in [1.82, 2.24) is 0 Å². The molecule has 0 spiro atoms. The van der Waals surface area contributed by atoms with Gasteiger partial charge in [0.15, 0.2) is 11.6 Å². The van der Waals surface area contributed by atoms with Crippen LogP contribution in [0.15, 0.2) is 18.2 Å². The van der Waals surface area contributed by atoms with E-state index in [9.17, 15) is 14.3 Å². The van der Waals surface area contributed by atoms with Crippen molar-refractivity contribution in [2.75, 3.05) is 0 Å². The largest absolute Gasteiger partial charge is 0.505 e. The van der Waals surface area contributed by atoms with Crippen LogP contribution in [-0.2, 0) is 9.53 Å². The molecule has 18 heavy (non-hydrogen) atoms. The van der Waals surface area contributed by atoms with Crippen molar-refractivity contribution in [2.45, 2.75) is 40.2 Å². The summed E-state index contributed by atoms with van der Waals surface area (Å²) < 4.78 is 18.2. The zero-order valence-corrected chi connectivity index (χ0v) is 11.2. The molecule has 3 nitrogen and oxygen atoms in total. The fourth-order valence-electron chi connectivity index (χ4n) is 1.32. The maximum Gasteiger partial charge on any atom is 0.312 e. The molecule has 0 fully saturated rings. The van der Waals surface area contributed by atoms with Crippen LogP contribution in [-0.4, -0.2) is 11.1 Å². The molecule has 1 rings (SSSR count). The average molecular weight is 254 g/mol. The molecule has 100 valence electrons. The summed E-state index contributed by atoms with van der Waals surface area (Å²) in [6, 6.07) is 3.91. The Balaban J connectivity index is 2.79. The summed E-state index contributed by atoms with van der Waals surface area (Å²) in [7, 11) is 0. The predicted octanol–water partition coefficient (Wildman–Crippen LogP) is 3.57. The minimum atomic E-state index is -0.689. The topological polar surface area (TPSA) is 46.5 Å². The van der Waals surface area contributed by atoms with Crippen LogP contribution < -0.4 is 0 Å². The maximum absolute atomic E-state index is 12.9. The highest BCUT2D eigenvalue weighted by Crippen LogP contribution is 2.28. The third-order valence-corrected chi connectivity index (χ3v) is 3.16. The molecule has 0 radical (unpaired) electrons. The van der Waals surface area contributed by atoms with Gasteiger partial charge in [-0.2, -0.15) is 0 Å². The molecule has 1 unspecified atom stereocenters. The summed E-state index contributed by atoms with van der Waals surface area (Å²) in [4.78, 5) is 11.9. The second-order valence-corrected chi connectivity index (χ2v) is 5.00. The second kappa shape index (κ2) is 5.38. The monoisotopic (exact) mass is 254 g/mol. The van der Waals surface area contributed by atoms with E-state index in [4.69, 9.17) is 4.74 Å². The van der Waals surface area contributed by atoms with Gasteiger partial charge in [-0.05, 0) is 44.9 Å². The van der Waals surface area contributed by atoms with Gasteiger partial charge >= 0.3 is 5.97 Å². The van der Waals surface area contributed by atoms with E-state index in [0.29, 0.717) is 12.0 Å². The van der Waals surface area contributed by atoms with Gasteiger partial charge in [-0.15, -0.1) is 0 Å². The van der Waals surface area contributed by atoms with Crippen LogP contribution in [0, 0.1) is 11.2 Å². The van der Waals surface area contributed by atoms with Crippen LogP contribution in [0.2, 0.25) is 0 Å². The first kappa shape index (κ1) is 14.5. The van der Waals surface area contributed by atoms with E-state index < -0.39 is 23.1 Å². The van der Waals surface area contributed by atoms with Crippen LogP contribution in [0.5, 0.6) is 5.75 Å². The van der Waals surface area contributed by atoms with Crippen molar-refractivity contribution in [2.24, 2.45) is 5.41 Å². The van der Waals surface area contributed by atoms with Crippen molar-refractivity contribution >= 4 is 5.97 Å². The number of aromatic hydroxyl groups is 1. The van der Waals surface area contributed by atoms with E-state index in [2.05, 4.69) is 0 Å². The average Bonchev–Trinajstić information content (AvgIpc) is 2.32. The van der Waals surface area contributed by atoms with Crippen LogP contribution in [0.4, 0.5) is 4.39 Å². The van der Waals surface area contributed by atoms with E-state index in [0.717, 1.165) is 6.07 Å². The van der Waals surface area contributed by atoms with E-state index in [1.165, 1.54) is 12.1 Å². The quantitative estimate of drug-likeness (QED) is 0.835. The Hall–Kier alpha value is -1.58. The number of phenols is 1. The number of hydrogen-bond donors (Lipinski definition) is 1. The van der Waals surface area contributed by atoms with Gasteiger partial charge in [0.25, 0.3) is 0 Å². The van der Waals surface area contributed by atoms with Crippen LogP contribution in [0.25, 0.3) is 0 Å². The Kier molecular flexibility index (Phi) is 4.33. The molecule has 1 aromatic carbocycles. The lowest BCUT2D eigenvalue weighted by molar-refractivity contribution is -0.159. The Bertz CT molecular complexity index is 441. The highest BCUT2D eigenvalue weighted by Gasteiger charge is 2.28. The van der Waals surface area contributed by atoms with Crippen molar-refractivity contribution < 1.29 is 19.0 Å². The van der Waals surface area contributed by atoms with Crippen molar-refractivity contribution in [3.63, 3.8) is 0 Å². The highest BCUT2D eigenvalue weighted by atomic mass is 19.1. The summed E-state index contributed by atoms with van der Waals surface area (Å²) in [5, 5.41) is 9.27. The fraction of sp³-hybridized carbons (Fsp3) is 0.500. The van der Waals surface area contributed by atoms with Gasteiger partial charge in [0.2, 0.25) is 0 Å². The van der Waals surface area contributed by atoms with Gasteiger partial charge < -0.3 is 9.84 Å². The summed E-state index contributed by atoms with van der Waals surface area (Å²) in [6.07, 6.45) is 0.155. The van der Waals surface area contributed by atoms with Crippen LogP contribution >= 0.6 is 0 Å². The van der Waals surface area contributed by atoms with Gasteiger partial charge in [0.1, 0.15) is 6.10 Å². The Morgan fingerprint density at radius 3 is 2.61 bits per heavy atom. The molecule has 4 heteroatoms. The second-order valence-electron chi connectivity index (χ2n) is 5.00. The minimum Gasteiger partial charge on any atom is -0.505 e. The molecular formula is C14H19FO3. The Labute approximate surface area is 107 Å². The Morgan fingerprint density at radius 1 is 1.50 bits per heavy atom. The molecule has 0 saturated carbocycles. The normalized spacial score (nSPS) is 13.2. The highest BCUT2D eigenvalue weighted by molar-refractivity contribution is 5.76. The lowest BCUT2D eigenvalue weighted by Gasteiger charge is -2.23. The van der Waals surface area contributed by atoms with E-state index >= 15 is 0 Å². The third kappa shape index (κ3) is 3.22. The molecule has 0 aromatic heterocycles. The van der Waals surface area contributed by atoms with Crippen LogP contribution in [0.1, 0.15) is 45.8 Å². The summed E-state index contributed by atoms with van der Waals surface area (Å²) in [5.41, 5.74) is 0.0187. The molecule has 0 aliphatic rings. The molecule has 0 saturated heterocycles. The molecule has 0 amide bonds. The fourth-order valence-corrected chi connectivity index (χ4v) is 1.32. The van der Waals surface area contributed by atoms with E-state index in [1.807, 2.05) is 20.8 Å². The first-order valence-electron chi connectivity index (χ1n) is 5.97. The number of carbonyl (C=O) groups excluding carboxylic acids is 1. The molecule has 0 aliphatic carbocycles. The zero-order chi connectivity index (χ0) is 13.9. The molecule has 1 N–H and O–H groups in total. The molecule has 0 aliphatic heterocycles. The number of phenolic OH excluding ortho intramolecular Hbond substituents is 1. The van der Waals surface area contributed by atoms with Gasteiger partial charge in [0, 0.05) is 0 Å². The third-order valence-electron chi connectivity index (χ3n) is 3.16. The minimum absolute atomic E-state index is 0.304. The van der Waals surface area contributed by atoms with E-state index in [1.54, 1.807) is 6.92 Å². The van der Waals surface area contributed by atoms with Gasteiger partial charge in [-0.1, -0.05) is 13.0 Å². The molecule has 1 atom stereocenters. The van der Waals surface area contributed by atoms with Crippen molar-refractivity contribution in [1.29, 1.82) is 0 Å². The smallest absolute Gasteiger partial charge is 0.312 e. The molecule has 0 heterocycles. The van der Waals surface area contributed by atoms with Crippen molar-refractivity contribution in [3.05, 3.63) is 29.6 Å². The van der Waals surface area contributed by atoms with E-state index in [-0.39, 0.29) is 5.97 Å². The van der Waals surface area contributed by atoms with Crippen LogP contribution in [0.3, 0.4) is 0 Å². The number of rotatable bonds is 4.